The third-order valence-electron chi connectivity index (χ3n) is 2.59. The van der Waals surface area contributed by atoms with E-state index in [1.54, 1.807) is 12.1 Å². The summed E-state index contributed by atoms with van der Waals surface area (Å²) in [7, 11) is 0. The molecule has 0 unspecified atom stereocenters. The number of hydrogen-bond donors (Lipinski definition) is 1. The molecule has 2 rings (SSSR count). The molecule has 1 aromatic rings. The predicted molar refractivity (Wildman–Crippen MR) is 63.5 cm³/mol. The number of aliphatic hydroxyl groups excluding tert-OH is 1. The molecule has 0 spiro atoms. The van der Waals surface area contributed by atoms with Crippen LogP contribution in [0.4, 0.5) is 0 Å². The molecule has 1 aliphatic heterocycles. The van der Waals surface area contributed by atoms with Crippen molar-refractivity contribution in [2.45, 2.75) is 25.0 Å². The average Bonchev–Trinajstić information content (AvgIpc) is 3.13. The van der Waals surface area contributed by atoms with E-state index in [1.165, 1.54) is 0 Å². The number of ether oxygens (including phenoxy) is 1. The summed E-state index contributed by atoms with van der Waals surface area (Å²) in [4.78, 5) is 11.6. The van der Waals surface area contributed by atoms with Gasteiger partial charge >= 0.3 is 0 Å². The third kappa shape index (κ3) is 3.42. The van der Waals surface area contributed by atoms with Crippen LogP contribution in [0.1, 0.15) is 23.2 Å². The maximum Gasteiger partial charge on any atom is 0.235 e. The molecule has 1 heterocycles. The minimum absolute atomic E-state index is 0.0956. The highest BCUT2D eigenvalue weighted by Gasteiger charge is 2.36. The van der Waals surface area contributed by atoms with Crippen molar-refractivity contribution in [1.29, 1.82) is 0 Å². The number of benzene rings is 1. The van der Waals surface area contributed by atoms with Crippen LogP contribution in [-0.2, 0) is 4.74 Å². The zero-order valence-electron chi connectivity index (χ0n) is 9.43. The van der Waals surface area contributed by atoms with Gasteiger partial charge in [0.1, 0.15) is 6.10 Å². The lowest BCUT2D eigenvalue weighted by Crippen LogP contribution is -1.97. The Bertz CT molecular complexity index is 442. The molecular weight excluding hydrogens is 216 g/mol. The third-order valence-corrected chi connectivity index (χ3v) is 2.59. The van der Waals surface area contributed by atoms with Crippen molar-refractivity contribution in [3.63, 3.8) is 0 Å². The molecule has 17 heavy (non-hydrogen) atoms. The van der Waals surface area contributed by atoms with Gasteiger partial charge in [0.05, 0.1) is 6.10 Å². The molecule has 0 radical (unpaired) electrons. The molecule has 0 aromatic heterocycles. The van der Waals surface area contributed by atoms with Crippen LogP contribution < -0.4 is 0 Å². The number of carbonyl (C=O) groups is 1. The largest absolute Gasteiger partial charge is 0.396 e. The highest BCUT2D eigenvalue weighted by Crippen LogP contribution is 2.25. The van der Waals surface area contributed by atoms with Crippen LogP contribution in [0.25, 0.3) is 0 Å². The normalized spacial score (nSPS) is 21.5. The molecule has 0 aliphatic carbocycles. The Hall–Kier alpha value is -1.63. The second-order valence-electron chi connectivity index (χ2n) is 3.93. The van der Waals surface area contributed by atoms with Crippen LogP contribution in [0.3, 0.4) is 0 Å². The Kier molecular flexibility index (Phi) is 3.92. The summed E-state index contributed by atoms with van der Waals surface area (Å²) >= 11 is 0. The first-order valence-corrected chi connectivity index (χ1v) is 5.68. The average molecular weight is 230 g/mol. The molecule has 1 aliphatic rings. The number of ketones is 1. The SMILES string of the molecule is O=C(C#C[C@@H]1O[C@@H]1CCCO)c1ccccc1. The van der Waals surface area contributed by atoms with Crippen molar-refractivity contribution in [3.8, 4) is 11.8 Å². The molecule has 1 fully saturated rings. The van der Waals surface area contributed by atoms with Crippen molar-refractivity contribution in [2.24, 2.45) is 0 Å². The van der Waals surface area contributed by atoms with Crippen LogP contribution in [0.15, 0.2) is 30.3 Å². The maximum atomic E-state index is 11.6. The van der Waals surface area contributed by atoms with E-state index >= 15 is 0 Å². The van der Waals surface area contributed by atoms with E-state index in [1.807, 2.05) is 18.2 Å². The van der Waals surface area contributed by atoms with Gasteiger partial charge in [-0.1, -0.05) is 36.3 Å². The number of rotatable bonds is 4. The van der Waals surface area contributed by atoms with E-state index in [-0.39, 0.29) is 24.6 Å². The van der Waals surface area contributed by atoms with Crippen LogP contribution >= 0.6 is 0 Å². The highest BCUT2D eigenvalue weighted by atomic mass is 16.6. The van der Waals surface area contributed by atoms with Crippen molar-refractivity contribution >= 4 is 5.78 Å². The summed E-state index contributed by atoms with van der Waals surface area (Å²) in [5, 5.41) is 8.65. The number of aliphatic hydroxyl groups is 1. The fraction of sp³-hybridized carbons (Fsp3) is 0.357. The Morgan fingerprint density at radius 1 is 1.35 bits per heavy atom. The lowest BCUT2D eigenvalue weighted by Gasteiger charge is -1.90. The van der Waals surface area contributed by atoms with E-state index in [9.17, 15) is 4.79 Å². The van der Waals surface area contributed by atoms with Crippen molar-refractivity contribution in [1.82, 2.24) is 0 Å². The molecule has 1 N–H and O–H groups in total. The molecule has 2 atom stereocenters. The van der Waals surface area contributed by atoms with Crippen molar-refractivity contribution in [2.75, 3.05) is 6.61 Å². The van der Waals surface area contributed by atoms with Crippen molar-refractivity contribution in [3.05, 3.63) is 35.9 Å². The van der Waals surface area contributed by atoms with Crippen LogP contribution in [0.2, 0.25) is 0 Å². The molecule has 1 saturated heterocycles. The predicted octanol–water partition coefficient (Wildman–Crippen LogP) is 1.41. The van der Waals surface area contributed by atoms with Crippen LogP contribution in [0, 0.1) is 11.8 Å². The topological polar surface area (TPSA) is 49.8 Å². The van der Waals surface area contributed by atoms with Gasteiger partial charge in [-0.2, -0.15) is 0 Å². The standard InChI is InChI=1S/C14H14O3/c15-10-4-7-13-14(17-13)9-8-12(16)11-5-2-1-3-6-11/h1-3,5-6,13-15H,4,7,10H2/t13-,14+/m1/s1. The zero-order valence-corrected chi connectivity index (χ0v) is 9.43. The highest BCUT2D eigenvalue weighted by molar-refractivity contribution is 6.09. The van der Waals surface area contributed by atoms with Gasteiger partial charge in [-0.05, 0) is 18.8 Å². The van der Waals surface area contributed by atoms with Gasteiger partial charge in [0, 0.05) is 12.2 Å². The summed E-state index contributed by atoms with van der Waals surface area (Å²) in [6.45, 7) is 0.170. The minimum atomic E-state index is -0.179. The van der Waals surface area contributed by atoms with Crippen LogP contribution in [-0.4, -0.2) is 29.7 Å². The first-order valence-electron chi connectivity index (χ1n) is 5.68. The summed E-state index contributed by atoms with van der Waals surface area (Å²) in [6.07, 6.45) is 1.48. The van der Waals surface area contributed by atoms with Gasteiger partial charge in [-0.15, -0.1) is 0 Å². The van der Waals surface area contributed by atoms with Gasteiger partial charge in [-0.3, -0.25) is 4.79 Å². The van der Waals surface area contributed by atoms with E-state index in [2.05, 4.69) is 11.8 Å². The fourth-order valence-corrected chi connectivity index (χ4v) is 1.58. The summed E-state index contributed by atoms with van der Waals surface area (Å²) in [5.74, 6) is 5.22. The first-order chi connectivity index (χ1) is 8.31. The number of carbonyl (C=O) groups excluding carboxylic acids is 1. The fourth-order valence-electron chi connectivity index (χ4n) is 1.58. The molecule has 88 valence electrons. The molecule has 3 nitrogen and oxygen atoms in total. The quantitative estimate of drug-likeness (QED) is 0.368. The monoisotopic (exact) mass is 230 g/mol. The molecular formula is C14H14O3. The lowest BCUT2D eigenvalue weighted by atomic mass is 10.1. The van der Waals surface area contributed by atoms with Crippen LogP contribution in [0.5, 0.6) is 0 Å². The van der Waals surface area contributed by atoms with Gasteiger partial charge in [0.25, 0.3) is 0 Å². The minimum Gasteiger partial charge on any atom is -0.396 e. The van der Waals surface area contributed by atoms with E-state index in [4.69, 9.17) is 9.84 Å². The summed E-state index contributed by atoms with van der Waals surface area (Å²) in [5.41, 5.74) is 0.604. The molecule has 3 heteroatoms. The Labute approximate surface area is 100 Å². The number of Topliss-reactive ketones (excluding diaryl/α,β-unsaturated/α-hetero) is 1. The second kappa shape index (κ2) is 5.62. The molecule has 1 aromatic carbocycles. The van der Waals surface area contributed by atoms with Gasteiger partial charge < -0.3 is 9.84 Å². The zero-order chi connectivity index (χ0) is 12.1. The number of epoxide rings is 1. The molecule has 0 saturated carbocycles. The molecule has 0 bridgehead atoms. The van der Waals surface area contributed by atoms with E-state index < -0.39 is 0 Å². The smallest absolute Gasteiger partial charge is 0.235 e. The van der Waals surface area contributed by atoms with E-state index in [0.29, 0.717) is 5.56 Å². The van der Waals surface area contributed by atoms with Gasteiger partial charge in [-0.25, -0.2) is 0 Å². The molecule has 0 amide bonds. The Morgan fingerprint density at radius 2 is 2.12 bits per heavy atom. The van der Waals surface area contributed by atoms with Gasteiger partial charge in [0.2, 0.25) is 5.78 Å². The number of hydrogen-bond acceptors (Lipinski definition) is 3. The second-order valence-corrected chi connectivity index (χ2v) is 3.93. The van der Waals surface area contributed by atoms with Crippen molar-refractivity contribution < 1.29 is 14.6 Å². The lowest BCUT2D eigenvalue weighted by molar-refractivity contribution is 0.105. The summed E-state index contributed by atoms with van der Waals surface area (Å²) in [6, 6.07) is 8.97. The Morgan fingerprint density at radius 3 is 2.82 bits per heavy atom. The maximum absolute atomic E-state index is 11.6. The summed E-state index contributed by atoms with van der Waals surface area (Å²) < 4.78 is 5.27. The Balaban J connectivity index is 1.85. The van der Waals surface area contributed by atoms with E-state index in [0.717, 1.165) is 12.8 Å². The van der Waals surface area contributed by atoms with Gasteiger partial charge in [0.15, 0.2) is 0 Å². The first kappa shape index (κ1) is 11.8.